The quantitative estimate of drug-likeness (QED) is 0.820. The summed E-state index contributed by atoms with van der Waals surface area (Å²) in [5.74, 6) is 0.0994. The summed E-state index contributed by atoms with van der Waals surface area (Å²) in [6.45, 7) is 1.84. The zero-order valence-corrected chi connectivity index (χ0v) is 11.4. The molecule has 0 saturated carbocycles. The molecule has 0 radical (unpaired) electrons. The lowest BCUT2D eigenvalue weighted by atomic mass is 10.0. The minimum Gasteiger partial charge on any atom is -0.508 e. The number of aliphatic hydroxyl groups excluding tert-OH is 1. The van der Waals surface area contributed by atoms with Gasteiger partial charge in [-0.15, -0.1) is 0 Å². The maximum Gasteiger partial charge on any atom is 0.115 e. The first-order valence-electron chi connectivity index (χ1n) is 5.35. The van der Waals surface area contributed by atoms with Gasteiger partial charge in [-0.1, -0.05) is 40.2 Å². The molecule has 0 aliphatic rings. The Morgan fingerprint density at radius 3 is 2.44 bits per heavy atom. The fourth-order valence-electron chi connectivity index (χ4n) is 1.39. The molecule has 0 fully saturated rings. The molecule has 0 spiro atoms. The van der Waals surface area contributed by atoms with E-state index in [0.29, 0.717) is 16.4 Å². The second-order valence-corrected chi connectivity index (χ2v) is 4.55. The van der Waals surface area contributed by atoms with Gasteiger partial charge in [0.05, 0.1) is 6.33 Å². The zero-order chi connectivity index (χ0) is 13.5. The Kier molecular flexibility index (Phi) is 5.82. The fraction of sp³-hybridized carbons (Fsp3) is 0.143. The third-order valence-electron chi connectivity index (χ3n) is 2.28. The normalized spacial score (nSPS) is 15.1. The van der Waals surface area contributed by atoms with Crippen LogP contribution in [0.15, 0.2) is 58.9 Å². The van der Waals surface area contributed by atoms with Gasteiger partial charge in [0.25, 0.3) is 0 Å². The van der Waals surface area contributed by atoms with Gasteiger partial charge in [0, 0.05) is 10.1 Å². The largest absolute Gasteiger partial charge is 0.508 e. The number of rotatable bonds is 4. The van der Waals surface area contributed by atoms with E-state index in [9.17, 15) is 9.50 Å². The van der Waals surface area contributed by atoms with E-state index in [2.05, 4.69) is 15.9 Å². The lowest BCUT2D eigenvalue weighted by Crippen LogP contribution is -1.99. The van der Waals surface area contributed by atoms with Crippen LogP contribution in [0, 0.1) is 0 Å². The summed E-state index contributed by atoms with van der Waals surface area (Å²) in [6, 6.07) is 5.97. The predicted molar refractivity (Wildman–Crippen MR) is 74.1 cm³/mol. The highest BCUT2D eigenvalue weighted by molar-refractivity contribution is 9.11. The van der Waals surface area contributed by atoms with Crippen LogP contribution >= 0.6 is 15.9 Å². The van der Waals surface area contributed by atoms with Crippen LogP contribution in [0.3, 0.4) is 0 Å². The van der Waals surface area contributed by atoms with Crippen LogP contribution in [0.5, 0.6) is 5.75 Å². The van der Waals surface area contributed by atoms with Crippen molar-refractivity contribution in [3.8, 4) is 5.75 Å². The second-order valence-electron chi connectivity index (χ2n) is 3.63. The van der Waals surface area contributed by atoms with E-state index >= 15 is 0 Å². The first-order valence-corrected chi connectivity index (χ1v) is 6.15. The zero-order valence-electron chi connectivity index (χ0n) is 9.85. The van der Waals surface area contributed by atoms with E-state index in [0.717, 1.165) is 0 Å². The summed E-state index contributed by atoms with van der Waals surface area (Å²) in [7, 11) is 0. The van der Waals surface area contributed by atoms with Gasteiger partial charge in [-0.3, -0.25) is 0 Å². The van der Waals surface area contributed by atoms with Gasteiger partial charge in [0.15, 0.2) is 0 Å². The van der Waals surface area contributed by atoms with Crippen molar-refractivity contribution in [2.75, 3.05) is 0 Å². The number of hydrogen-bond acceptors (Lipinski definition) is 2. The van der Waals surface area contributed by atoms with Crippen molar-refractivity contribution in [1.82, 2.24) is 0 Å². The Morgan fingerprint density at radius 2 is 1.94 bits per heavy atom. The minimum atomic E-state index is -1.08. The molecule has 0 heterocycles. The first kappa shape index (κ1) is 14.7. The molecule has 1 aromatic rings. The molecule has 0 aromatic heterocycles. The molecular formula is C14H14BrFO2. The van der Waals surface area contributed by atoms with Gasteiger partial charge in [0.1, 0.15) is 11.9 Å². The summed E-state index contributed by atoms with van der Waals surface area (Å²) in [5.41, 5.74) is 0.638. The van der Waals surface area contributed by atoms with Crippen LogP contribution < -0.4 is 0 Å². The number of halogens is 2. The fourth-order valence-corrected chi connectivity index (χ4v) is 1.91. The number of phenols is 1. The van der Waals surface area contributed by atoms with Crippen LogP contribution in [0.2, 0.25) is 0 Å². The van der Waals surface area contributed by atoms with Crippen molar-refractivity contribution in [3.63, 3.8) is 0 Å². The SMILES string of the molecule is C\C=C/C(Br)=C\C(=C\F)C(O)c1ccc(O)cc1. The summed E-state index contributed by atoms with van der Waals surface area (Å²) < 4.78 is 13.5. The third kappa shape index (κ3) is 4.13. The van der Waals surface area contributed by atoms with E-state index in [4.69, 9.17) is 5.11 Å². The Balaban J connectivity index is 2.96. The van der Waals surface area contributed by atoms with E-state index < -0.39 is 6.10 Å². The average Bonchev–Trinajstić information content (AvgIpc) is 2.36. The van der Waals surface area contributed by atoms with Gasteiger partial charge >= 0.3 is 0 Å². The lowest BCUT2D eigenvalue weighted by Gasteiger charge is -2.11. The van der Waals surface area contributed by atoms with E-state index in [-0.39, 0.29) is 11.3 Å². The Labute approximate surface area is 114 Å². The second kappa shape index (κ2) is 7.13. The number of hydrogen-bond donors (Lipinski definition) is 2. The number of aliphatic hydroxyl groups is 1. The lowest BCUT2D eigenvalue weighted by molar-refractivity contribution is 0.217. The van der Waals surface area contributed by atoms with Crippen molar-refractivity contribution in [2.45, 2.75) is 13.0 Å². The van der Waals surface area contributed by atoms with Crippen molar-refractivity contribution < 1.29 is 14.6 Å². The Hall–Kier alpha value is -1.39. The van der Waals surface area contributed by atoms with E-state index in [1.165, 1.54) is 18.2 Å². The summed E-state index contributed by atoms with van der Waals surface area (Å²) in [4.78, 5) is 0. The van der Waals surface area contributed by atoms with Gasteiger partial charge in [0.2, 0.25) is 0 Å². The highest BCUT2D eigenvalue weighted by atomic mass is 79.9. The highest BCUT2D eigenvalue weighted by Crippen LogP contribution is 2.26. The van der Waals surface area contributed by atoms with Gasteiger partial charge < -0.3 is 10.2 Å². The van der Waals surface area contributed by atoms with E-state index in [1.807, 2.05) is 6.92 Å². The molecular weight excluding hydrogens is 299 g/mol. The molecule has 2 N–H and O–H groups in total. The molecule has 1 atom stereocenters. The van der Waals surface area contributed by atoms with Crippen molar-refractivity contribution >= 4 is 15.9 Å². The summed E-state index contributed by atoms with van der Waals surface area (Å²) >= 11 is 3.25. The monoisotopic (exact) mass is 312 g/mol. The average molecular weight is 313 g/mol. The summed E-state index contributed by atoms with van der Waals surface area (Å²) in [6.07, 6.45) is 4.32. The molecule has 1 unspecified atom stereocenters. The van der Waals surface area contributed by atoms with Crippen molar-refractivity contribution in [3.05, 3.63) is 64.4 Å². The van der Waals surface area contributed by atoms with Crippen molar-refractivity contribution in [2.24, 2.45) is 0 Å². The molecule has 1 aromatic carbocycles. The van der Waals surface area contributed by atoms with Crippen LogP contribution in [-0.4, -0.2) is 10.2 Å². The molecule has 2 nitrogen and oxygen atoms in total. The minimum absolute atomic E-state index is 0.0994. The van der Waals surface area contributed by atoms with Crippen LogP contribution in [0.4, 0.5) is 4.39 Å². The molecule has 0 amide bonds. The van der Waals surface area contributed by atoms with Crippen LogP contribution in [0.25, 0.3) is 0 Å². The molecule has 18 heavy (non-hydrogen) atoms. The number of phenolic OH excluding ortho intramolecular Hbond substituents is 1. The first-order chi connectivity index (χ1) is 8.58. The third-order valence-corrected chi connectivity index (χ3v) is 2.77. The maximum absolute atomic E-state index is 12.8. The highest BCUT2D eigenvalue weighted by Gasteiger charge is 2.12. The number of allylic oxidation sites excluding steroid dienone is 3. The molecule has 0 bridgehead atoms. The van der Waals surface area contributed by atoms with Gasteiger partial charge in [-0.25, -0.2) is 4.39 Å². The predicted octanol–water partition coefficient (Wildman–Crippen LogP) is 4.13. The number of benzene rings is 1. The smallest absolute Gasteiger partial charge is 0.115 e. The Morgan fingerprint density at radius 1 is 1.33 bits per heavy atom. The van der Waals surface area contributed by atoms with E-state index in [1.54, 1.807) is 24.3 Å². The Bertz CT molecular complexity index is 475. The number of aromatic hydroxyl groups is 1. The molecule has 0 aliphatic carbocycles. The molecule has 4 heteroatoms. The molecule has 1 rings (SSSR count). The van der Waals surface area contributed by atoms with Gasteiger partial charge in [-0.05, 0) is 30.7 Å². The molecule has 96 valence electrons. The van der Waals surface area contributed by atoms with Gasteiger partial charge in [-0.2, -0.15) is 0 Å². The van der Waals surface area contributed by atoms with Crippen LogP contribution in [-0.2, 0) is 0 Å². The molecule has 0 saturated heterocycles. The van der Waals surface area contributed by atoms with Crippen molar-refractivity contribution in [1.29, 1.82) is 0 Å². The standard InChI is InChI=1S/C14H14BrFO2/c1-2-3-12(15)8-11(9-16)14(18)10-4-6-13(17)7-5-10/h2-9,14,17-18H,1H3/b3-2-,11-9-,12-8+. The summed E-state index contributed by atoms with van der Waals surface area (Å²) in [5, 5.41) is 19.2. The van der Waals surface area contributed by atoms with Crippen LogP contribution in [0.1, 0.15) is 18.6 Å². The molecule has 0 aliphatic heterocycles. The topological polar surface area (TPSA) is 40.5 Å². The maximum atomic E-state index is 12.8.